The third-order valence-electron chi connectivity index (χ3n) is 4.62. The molecule has 19 heavy (non-hydrogen) atoms. The highest BCUT2D eigenvalue weighted by molar-refractivity contribution is 6.21. The molecule has 3 rings (SSSR count). The first-order valence-electron chi connectivity index (χ1n) is 7.70. The lowest BCUT2D eigenvalue weighted by Gasteiger charge is -2.23. The molecule has 2 unspecified atom stereocenters. The van der Waals surface area contributed by atoms with Gasteiger partial charge in [0, 0.05) is 6.61 Å². The van der Waals surface area contributed by atoms with Gasteiger partial charge in [0.2, 0.25) is 0 Å². The molecular weight excluding hydrogens is 256 g/mol. The first-order chi connectivity index (χ1) is 9.34. The zero-order valence-electron chi connectivity index (χ0n) is 11.5. The van der Waals surface area contributed by atoms with E-state index >= 15 is 0 Å². The van der Waals surface area contributed by atoms with Crippen LogP contribution in [0.2, 0.25) is 0 Å². The molecule has 2 heteroatoms. The molecule has 1 aliphatic heterocycles. The molecule has 0 N–H and O–H groups in total. The molecule has 1 saturated heterocycles. The van der Waals surface area contributed by atoms with Gasteiger partial charge in [0.15, 0.2) is 0 Å². The first kappa shape index (κ1) is 13.5. The Balaban J connectivity index is 1.67. The summed E-state index contributed by atoms with van der Waals surface area (Å²) >= 11 is 6.53. The number of hydrogen-bond donors (Lipinski definition) is 0. The largest absolute Gasteiger partial charge is 0.376 e. The summed E-state index contributed by atoms with van der Waals surface area (Å²) in [5, 5.41) is 0.0166. The van der Waals surface area contributed by atoms with Gasteiger partial charge < -0.3 is 4.74 Å². The molecule has 0 aromatic heterocycles. The van der Waals surface area contributed by atoms with Gasteiger partial charge in [-0.2, -0.15) is 0 Å². The van der Waals surface area contributed by atoms with E-state index in [4.69, 9.17) is 16.3 Å². The summed E-state index contributed by atoms with van der Waals surface area (Å²) in [5.41, 5.74) is 2.72. The summed E-state index contributed by atoms with van der Waals surface area (Å²) in [6, 6.07) is 9.00. The SMILES string of the molecule is ClC(c1ccc(C2CCCCC2)cc1)C1CCCO1. The van der Waals surface area contributed by atoms with Crippen LogP contribution in [0.4, 0.5) is 0 Å². The van der Waals surface area contributed by atoms with Crippen molar-refractivity contribution in [2.24, 2.45) is 0 Å². The predicted octanol–water partition coefficient (Wildman–Crippen LogP) is 5.19. The van der Waals surface area contributed by atoms with Crippen molar-refractivity contribution in [2.75, 3.05) is 6.61 Å². The molecule has 0 radical (unpaired) electrons. The van der Waals surface area contributed by atoms with Crippen LogP contribution in [0.5, 0.6) is 0 Å². The maximum atomic E-state index is 6.53. The van der Waals surface area contributed by atoms with Crippen LogP contribution >= 0.6 is 11.6 Å². The fourth-order valence-corrected chi connectivity index (χ4v) is 3.78. The van der Waals surface area contributed by atoms with E-state index in [1.165, 1.54) is 43.2 Å². The molecule has 1 aromatic carbocycles. The lowest BCUT2D eigenvalue weighted by Crippen LogP contribution is -2.12. The maximum absolute atomic E-state index is 6.53. The van der Waals surface area contributed by atoms with Gasteiger partial charge >= 0.3 is 0 Å². The average Bonchev–Trinajstić information content (AvgIpc) is 3.02. The molecule has 2 aliphatic rings. The van der Waals surface area contributed by atoms with E-state index in [-0.39, 0.29) is 11.5 Å². The lowest BCUT2D eigenvalue weighted by molar-refractivity contribution is 0.107. The van der Waals surface area contributed by atoms with Crippen LogP contribution in [0.25, 0.3) is 0 Å². The Morgan fingerprint density at radius 3 is 2.32 bits per heavy atom. The summed E-state index contributed by atoms with van der Waals surface area (Å²) in [6.07, 6.45) is 9.36. The van der Waals surface area contributed by atoms with Crippen molar-refractivity contribution in [3.63, 3.8) is 0 Å². The summed E-state index contributed by atoms with van der Waals surface area (Å²) in [4.78, 5) is 0. The second kappa shape index (κ2) is 6.28. The van der Waals surface area contributed by atoms with Gasteiger partial charge in [-0.1, -0.05) is 43.5 Å². The average molecular weight is 279 g/mol. The minimum absolute atomic E-state index is 0.0166. The molecule has 1 saturated carbocycles. The van der Waals surface area contributed by atoms with Gasteiger partial charge in [-0.15, -0.1) is 11.6 Å². The smallest absolute Gasteiger partial charge is 0.0847 e. The second-order valence-electron chi connectivity index (χ2n) is 5.95. The Labute approximate surface area is 121 Å². The normalized spacial score (nSPS) is 26.5. The van der Waals surface area contributed by atoms with Gasteiger partial charge in [-0.25, -0.2) is 0 Å². The Kier molecular flexibility index (Phi) is 4.45. The molecule has 1 nitrogen and oxygen atoms in total. The van der Waals surface area contributed by atoms with E-state index in [1.54, 1.807) is 0 Å². The topological polar surface area (TPSA) is 9.23 Å². The summed E-state index contributed by atoms with van der Waals surface area (Å²) in [6.45, 7) is 0.869. The number of rotatable bonds is 3. The van der Waals surface area contributed by atoms with Crippen LogP contribution in [0, 0.1) is 0 Å². The van der Waals surface area contributed by atoms with Crippen LogP contribution in [0.15, 0.2) is 24.3 Å². The highest BCUT2D eigenvalue weighted by Crippen LogP contribution is 2.35. The molecule has 1 heterocycles. The standard InChI is InChI=1S/C17H23ClO/c18-17(16-7-4-12-19-16)15-10-8-14(9-11-15)13-5-2-1-3-6-13/h8-11,13,16-17H,1-7,12H2. The first-order valence-corrected chi connectivity index (χ1v) is 8.14. The van der Waals surface area contributed by atoms with E-state index in [2.05, 4.69) is 24.3 Å². The quantitative estimate of drug-likeness (QED) is 0.691. The third kappa shape index (κ3) is 3.14. The number of ether oxygens (including phenoxy) is 1. The van der Waals surface area contributed by atoms with E-state index in [1.807, 2.05) is 0 Å². The molecule has 104 valence electrons. The highest BCUT2D eigenvalue weighted by atomic mass is 35.5. The van der Waals surface area contributed by atoms with Gasteiger partial charge in [0.05, 0.1) is 11.5 Å². The summed E-state index contributed by atoms with van der Waals surface area (Å²) in [7, 11) is 0. The van der Waals surface area contributed by atoms with E-state index in [0.717, 1.165) is 25.4 Å². The van der Waals surface area contributed by atoms with Crippen molar-refractivity contribution < 1.29 is 4.74 Å². The van der Waals surface area contributed by atoms with Crippen LogP contribution in [-0.4, -0.2) is 12.7 Å². The number of hydrogen-bond acceptors (Lipinski definition) is 1. The predicted molar refractivity (Wildman–Crippen MR) is 79.8 cm³/mol. The van der Waals surface area contributed by atoms with Crippen molar-refractivity contribution in [2.45, 2.75) is 62.3 Å². The monoisotopic (exact) mass is 278 g/mol. The van der Waals surface area contributed by atoms with Gasteiger partial charge in [-0.3, -0.25) is 0 Å². The zero-order valence-corrected chi connectivity index (χ0v) is 12.2. The molecule has 2 atom stereocenters. The van der Waals surface area contributed by atoms with E-state index in [9.17, 15) is 0 Å². The van der Waals surface area contributed by atoms with E-state index in [0.29, 0.717) is 0 Å². The van der Waals surface area contributed by atoms with Crippen molar-refractivity contribution in [1.82, 2.24) is 0 Å². The number of alkyl halides is 1. The van der Waals surface area contributed by atoms with Gasteiger partial charge in [-0.05, 0) is 42.7 Å². The molecule has 0 bridgehead atoms. The Morgan fingerprint density at radius 2 is 1.68 bits per heavy atom. The molecule has 1 aliphatic carbocycles. The minimum atomic E-state index is 0.0166. The van der Waals surface area contributed by atoms with Crippen molar-refractivity contribution >= 4 is 11.6 Å². The number of halogens is 1. The Bertz CT molecular complexity index is 388. The van der Waals surface area contributed by atoms with Crippen LogP contribution in [0.3, 0.4) is 0 Å². The molecular formula is C17H23ClO. The van der Waals surface area contributed by atoms with Crippen molar-refractivity contribution in [3.05, 3.63) is 35.4 Å². The number of benzene rings is 1. The maximum Gasteiger partial charge on any atom is 0.0847 e. The third-order valence-corrected chi connectivity index (χ3v) is 5.16. The fraction of sp³-hybridized carbons (Fsp3) is 0.647. The minimum Gasteiger partial charge on any atom is -0.376 e. The summed E-state index contributed by atoms with van der Waals surface area (Å²) < 4.78 is 5.68. The zero-order chi connectivity index (χ0) is 13.1. The van der Waals surface area contributed by atoms with E-state index < -0.39 is 0 Å². The molecule has 0 amide bonds. The van der Waals surface area contributed by atoms with Gasteiger partial charge in [0.1, 0.15) is 0 Å². The molecule has 2 fully saturated rings. The summed E-state index contributed by atoms with van der Waals surface area (Å²) in [5.74, 6) is 0.777. The Hall–Kier alpha value is -0.530. The molecule has 0 spiro atoms. The van der Waals surface area contributed by atoms with Crippen LogP contribution in [-0.2, 0) is 4.74 Å². The lowest BCUT2D eigenvalue weighted by atomic mass is 9.84. The van der Waals surface area contributed by atoms with Crippen molar-refractivity contribution in [1.29, 1.82) is 0 Å². The van der Waals surface area contributed by atoms with Gasteiger partial charge in [0.25, 0.3) is 0 Å². The van der Waals surface area contributed by atoms with Crippen molar-refractivity contribution in [3.8, 4) is 0 Å². The molecule has 1 aromatic rings. The Morgan fingerprint density at radius 1 is 0.947 bits per heavy atom. The fourth-order valence-electron chi connectivity index (χ4n) is 3.44. The van der Waals surface area contributed by atoms with Crippen LogP contribution in [0.1, 0.15) is 67.4 Å². The van der Waals surface area contributed by atoms with Crippen LogP contribution < -0.4 is 0 Å². The highest BCUT2D eigenvalue weighted by Gasteiger charge is 2.25. The second-order valence-corrected chi connectivity index (χ2v) is 6.43.